The van der Waals surface area contributed by atoms with Gasteiger partial charge in [0.2, 0.25) is 0 Å². The molecule has 1 N–H and O–H groups in total. The second-order valence-corrected chi connectivity index (χ2v) is 5.02. The maximum Gasteiger partial charge on any atom is 0.0837 e. The van der Waals surface area contributed by atoms with Crippen LogP contribution in [0.4, 0.5) is 0 Å². The second kappa shape index (κ2) is 9.73. The van der Waals surface area contributed by atoms with Gasteiger partial charge in [-0.25, -0.2) is 0 Å². The van der Waals surface area contributed by atoms with Crippen molar-refractivity contribution in [1.82, 2.24) is 0 Å². The summed E-state index contributed by atoms with van der Waals surface area (Å²) in [6.45, 7) is 4.83. The molecule has 0 radical (unpaired) electrons. The van der Waals surface area contributed by atoms with E-state index in [0.29, 0.717) is 25.7 Å². The standard InChI is InChI=1S/C14H28O4/c1-3-12-5-6-13(15)14(11-12)18-10-9-17-8-4-7-16-2/h12-15H,3-11H2,1-2H3. The molecule has 4 heteroatoms. The Labute approximate surface area is 111 Å². The van der Waals surface area contributed by atoms with Gasteiger partial charge >= 0.3 is 0 Å². The number of hydrogen-bond acceptors (Lipinski definition) is 4. The number of aliphatic hydroxyl groups is 1. The Morgan fingerprint density at radius 3 is 2.67 bits per heavy atom. The van der Waals surface area contributed by atoms with Crippen LogP contribution in [0.1, 0.15) is 39.0 Å². The lowest BCUT2D eigenvalue weighted by Gasteiger charge is -2.32. The van der Waals surface area contributed by atoms with Crippen molar-refractivity contribution >= 4 is 0 Å². The minimum absolute atomic E-state index is 0.00581. The molecule has 3 atom stereocenters. The van der Waals surface area contributed by atoms with Crippen molar-refractivity contribution in [3.05, 3.63) is 0 Å². The van der Waals surface area contributed by atoms with E-state index in [1.807, 2.05) is 0 Å². The zero-order valence-electron chi connectivity index (χ0n) is 11.8. The predicted octanol–water partition coefficient (Wildman–Crippen LogP) is 2.00. The molecule has 1 aliphatic rings. The molecule has 3 unspecified atom stereocenters. The van der Waals surface area contributed by atoms with E-state index in [9.17, 15) is 5.11 Å². The first-order chi connectivity index (χ1) is 8.77. The Morgan fingerprint density at radius 2 is 1.94 bits per heavy atom. The Kier molecular flexibility index (Phi) is 8.59. The van der Waals surface area contributed by atoms with Crippen LogP contribution < -0.4 is 0 Å². The molecule has 0 bridgehead atoms. The summed E-state index contributed by atoms with van der Waals surface area (Å²) in [5.41, 5.74) is 0. The summed E-state index contributed by atoms with van der Waals surface area (Å²) in [7, 11) is 1.69. The van der Waals surface area contributed by atoms with Gasteiger partial charge in [0.15, 0.2) is 0 Å². The van der Waals surface area contributed by atoms with Crippen molar-refractivity contribution in [2.24, 2.45) is 5.92 Å². The summed E-state index contributed by atoms with van der Waals surface area (Å²) in [6.07, 6.45) is 4.80. The number of ether oxygens (including phenoxy) is 3. The molecule has 1 rings (SSSR count). The summed E-state index contributed by atoms with van der Waals surface area (Å²) in [5.74, 6) is 0.709. The smallest absolute Gasteiger partial charge is 0.0837 e. The summed E-state index contributed by atoms with van der Waals surface area (Å²) in [6, 6.07) is 0. The molecule has 1 aliphatic carbocycles. The van der Waals surface area contributed by atoms with Gasteiger partial charge in [0, 0.05) is 20.3 Å². The third-order valence-corrected chi connectivity index (χ3v) is 3.64. The maximum atomic E-state index is 9.87. The van der Waals surface area contributed by atoms with E-state index >= 15 is 0 Å². The van der Waals surface area contributed by atoms with Gasteiger partial charge in [-0.05, 0) is 31.6 Å². The molecule has 0 amide bonds. The van der Waals surface area contributed by atoms with Gasteiger partial charge in [-0.15, -0.1) is 0 Å². The Balaban J connectivity index is 2.03. The summed E-state index contributed by atoms with van der Waals surface area (Å²) < 4.78 is 16.1. The lowest BCUT2D eigenvalue weighted by molar-refractivity contribution is -0.0849. The fourth-order valence-electron chi connectivity index (χ4n) is 2.41. The van der Waals surface area contributed by atoms with Crippen LogP contribution in [0.25, 0.3) is 0 Å². The van der Waals surface area contributed by atoms with Crippen molar-refractivity contribution in [2.75, 3.05) is 33.5 Å². The maximum absolute atomic E-state index is 9.87. The number of methoxy groups -OCH3 is 1. The van der Waals surface area contributed by atoms with E-state index in [-0.39, 0.29) is 12.2 Å². The van der Waals surface area contributed by atoms with Crippen LogP contribution in [0.5, 0.6) is 0 Å². The molecule has 0 aromatic carbocycles. The Hall–Kier alpha value is -0.160. The van der Waals surface area contributed by atoms with Gasteiger partial charge < -0.3 is 19.3 Å². The fourth-order valence-corrected chi connectivity index (χ4v) is 2.41. The van der Waals surface area contributed by atoms with Crippen LogP contribution in [0, 0.1) is 5.92 Å². The lowest BCUT2D eigenvalue weighted by atomic mass is 9.84. The largest absolute Gasteiger partial charge is 0.390 e. The summed E-state index contributed by atoms with van der Waals surface area (Å²) in [4.78, 5) is 0. The van der Waals surface area contributed by atoms with Crippen molar-refractivity contribution in [3.63, 3.8) is 0 Å². The lowest BCUT2D eigenvalue weighted by Crippen LogP contribution is -2.36. The van der Waals surface area contributed by atoms with Crippen molar-refractivity contribution in [2.45, 2.75) is 51.2 Å². The quantitative estimate of drug-likeness (QED) is 0.644. The summed E-state index contributed by atoms with van der Waals surface area (Å²) >= 11 is 0. The summed E-state index contributed by atoms with van der Waals surface area (Å²) in [5, 5.41) is 9.87. The molecule has 1 saturated carbocycles. The highest BCUT2D eigenvalue weighted by Crippen LogP contribution is 2.28. The molecule has 0 spiro atoms. The van der Waals surface area contributed by atoms with Gasteiger partial charge in [-0.2, -0.15) is 0 Å². The predicted molar refractivity (Wildman–Crippen MR) is 70.7 cm³/mol. The average molecular weight is 260 g/mol. The highest BCUT2D eigenvalue weighted by molar-refractivity contribution is 4.79. The van der Waals surface area contributed by atoms with Crippen LogP contribution >= 0.6 is 0 Å². The van der Waals surface area contributed by atoms with E-state index in [1.165, 1.54) is 6.42 Å². The van der Waals surface area contributed by atoms with Crippen LogP contribution in [0.15, 0.2) is 0 Å². The second-order valence-electron chi connectivity index (χ2n) is 5.02. The molecule has 0 aliphatic heterocycles. The third-order valence-electron chi connectivity index (χ3n) is 3.64. The average Bonchev–Trinajstić information content (AvgIpc) is 2.39. The minimum Gasteiger partial charge on any atom is -0.390 e. The minimum atomic E-state index is -0.290. The molecule has 0 aromatic heterocycles. The molecular weight excluding hydrogens is 232 g/mol. The zero-order chi connectivity index (χ0) is 13.2. The first-order valence-electron chi connectivity index (χ1n) is 7.14. The third kappa shape index (κ3) is 6.14. The van der Waals surface area contributed by atoms with E-state index in [1.54, 1.807) is 7.11 Å². The van der Waals surface area contributed by atoms with E-state index in [2.05, 4.69) is 6.92 Å². The van der Waals surface area contributed by atoms with Crippen LogP contribution in [-0.4, -0.2) is 50.9 Å². The van der Waals surface area contributed by atoms with E-state index in [4.69, 9.17) is 14.2 Å². The molecule has 0 heterocycles. The highest BCUT2D eigenvalue weighted by atomic mass is 16.5. The van der Waals surface area contributed by atoms with Crippen LogP contribution in [0.3, 0.4) is 0 Å². The molecular formula is C14H28O4. The molecule has 1 fully saturated rings. The van der Waals surface area contributed by atoms with Gasteiger partial charge in [0.1, 0.15) is 0 Å². The van der Waals surface area contributed by atoms with Crippen molar-refractivity contribution in [1.29, 1.82) is 0 Å². The first-order valence-corrected chi connectivity index (χ1v) is 7.14. The zero-order valence-corrected chi connectivity index (χ0v) is 11.8. The topological polar surface area (TPSA) is 47.9 Å². The monoisotopic (exact) mass is 260 g/mol. The number of hydrogen-bond donors (Lipinski definition) is 1. The fraction of sp³-hybridized carbons (Fsp3) is 1.00. The molecule has 4 nitrogen and oxygen atoms in total. The Morgan fingerprint density at radius 1 is 1.11 bits per heavy atom. The molecule has 0 saturated heterocycles. The van der Waals surface area contributed by atoms with Gasteiger partial charge in [0.05, 0.1) is 25.4 Å². The van der Waals surface area contributed by atoms with Crippen molar-refractivity contribution in [3.8, 4) is 0 Å². The van der Waals surface area contributed by atoms with Gasteiger partial charge in [-0.1, -0.05) is 13.3 Å². The van der Waals surface area contributed by atoms with Gasteiger partial charge in [-0.3, -0.25) is 0 Å². The number of aliphatic hydroxyl groups excluding tert-OH is 1. The molecule has 0 aromatic rings. The van der Waals surface area contributed by atoms with Crippen LogP contribution in [0.2, 0.25) is 0 Å². The normalized spacial score (nSPS) is 28.5. The molecule has 18 heavy (non-hydrogen) atoms. The van der Waals surface area contributed by atoms with Crippen molar-refractivity contribution < 1.29 is 19.3 Å². The SMILES string of the molecule is CCC1CCC(O)C(OCCOCCCOC)C1. The highest BCUT2D eigenvalue weighted by Gasteiger charge is 2.28. The van der Waals surface area contributed by atoms with E-state index in [0.717, 1.165) is 32.3 Å². The first kappa shape index (κ1) is 15.9. The van der Waals surface area contributed by atoms with E-state index < -0.39 is 0 Å². The molecule has 108 valence electrons. The van der Waals surface area contributed by atoms with Crippen LogP contribution in [-0.2, 0) is 14.2 Å². The number of rotatable bonds is 9. The van der Waals surface area contributed by atoms with Gasteiger partial charge in [0.25, 0.3) is 0 Å². The Bertz CT molecular complexity index is 198.